The van der Waals surface area contributed by atoms with Gasteiger partial charge in [-0.15, -0.1) is 12.1 Å². The van der Waals surface area contributed by atoms with Gasteiger partial charge in [0.15, 0.2) is 0 Å². The molecule has 4 rings (SSSR count). The Bertz CT molecular complexity index is 1150. The minimum absolute atomic E-state index is 0. The molecule has 0 amide bonds. The van der Waals surface area contributed by atoms with Crippen LogP contribution in [0.2, 0.25) is 0 Å². The molecule has 0 fully saturated rings. The zero-order valence-electron chi connectivity index (χ0n) is 13.7. The molecule has 2 heterocycles. The van der Waals surface area contributed by atoms with Gasteiger partial charge in [-0.05, 0) is 40.9 Å². The van der Waals surface area contributed by atoms with Crippen LogP contribution < -0.4 is 0 Å². The second-order valence-corrected chi connectivity index (χ2v) is 5.86. The Hall–Kier alpha value is -2.38. The Morgan fingerprint density at radius 2 is 1.54 bits per heavy atom. The molecule has 0 aliphatic heterocycles. The summed E-state index contributed by atoms with van der Waals surface area (Å²) < 4.78 is 81.9. The van der Waals surface area contributed by atoms with Crippen molar-refractivity contribution in [3.63, 3.8) is 0 Å². The second-order valence-electron chi connectivity index (χ2n) is 5.86. The number of pyridine rings is 1. The van der Waals surface area contributed by atoms with Crippen LogP contribution in [0.3, 0.4) is 0 Å². The molecule has 0 aliphatic carbocycles. The summed E-state index contributed by atoms with van der Waals surface area (Å²) in [6.07, 6.45) is -8.64. The van der Waals surface area contributed by atoms with E-state index in [0.717, 1.165) is 0 Å². The van der Waals surface area contributed by atoms with Gasteiger partial charge in [-0.1, -0.05) is 23.6 Å². The van der Waals surface area contributed by atoms with E-state index in [1.807, 2.05) is 0 Å². The monoisotopic (exact) mass is 572 g/mol. The van der Waals surface area contributed by atoms with Crippen LogP contribution in [0, 0.1) is 6.07 Å². The molecular weight excluding hydrogens is 562 g/mol. The van der Waals surface area contributed by atoms with E-state index in [1.54, 1.807) is 30.3 Å². The normalized spacial score (nSPS) is 12.4. The van der Waals surface area contributed by atoms with E-state index in [0.29, 0.717) is 5.69 Å². The summed E-state index contributed by atoms with van der Waals surface area (Å²) in [5.41, 5.74) is -2.61. The topological polar surface area (TPSA) is 17.8 Å². The maximum Gasteiger partial charge on any atom is 0.401 e. The van der Waals surface area contributed by atoms with Crippen LogP contribution >= 0.6 is 0 Å². The van der Waals surface area contributed by atoms with E-state index in [4.69, 9.17) is 0 Å². The van der Waals surface area contributed by atoms with Crippen LogP contribution in [-0.2, 0) is 32.5 Å². The van der Waals surface area contributed by atoms with Crippen molar-refractivity contribution in [2.45, 2.75) is 12.4 Å². The van der Waals surface area contributed by atoms with Crippen molar-refractivity contribution in [3.05, 3.63) is 71.9 Å². The van der Waals surface area contributed by atoms with Gasteiger partial charge in [0.1, 0.15) is 0 Å². The molecule has 0 bridgehead atoms. The molecule has 147 valence electrons. The van der Waals surface area contributed by atoms with Gasteiger partial charge in [-0.2, -0.15) is 26.3 Å². The second kappa shape index (κ2) is 6.90. The first kappa shape index (κ1) is 20.4. The Labute approximate surface area is 168 Å². The smallest absolute Gasteiger partial charge is 0.357 e. The molecule has 9 heteroatoms. The van der Waals surface area contributed by atoms with E-state index in [2.05, 4.69) is 11.1 Å². The first-order chi connectivity index (χ1) is 12.7. The van der Waals surface area contributed by atoms with Gasteiger partial charge >= 0.3 is 12.4 Å². The maximum absolute atomic E-state index is 13.7. The molecule has 1 radical (unpaired) electrons. The van der Waals surface area contributed by atoms with E-state index in [1.165, 1.54) is 22.9 Å². The number of alkyl halides is 6. The Kier molecular flexibility index (Phi) is 5.02. The maximum atomic E-state index is 13.7. The third kappa shape index (κ3) is 3.29. The summed E-state index contributed by atoms with van der Waals surface area (Å²) in [7, 11) is 0. The van der Waals surface area contributed by atoms with Gasteiger partial charge in [-0.25, -0.2) is 0 Å². The minimum atomic E-state index is -4.99. The molecule has 2 aromatic heterocycles. The van der Waals surface area contributed by atoms with Crippen molar-refractivity contribution in [2.75, 3.05) is 0 Å². The molecule has 2 aromatic carbocycles. The largest absolute Gasteiger partial charge is 0.401 e. The fraction of sp³-hybridized carbons (Fsp3) is 0.105. The standard InChI is InChI=1S/C19H9F6N2.Ir/c20-18(21,22)11-9-13-16-15(7-4-8-26-16)27(12-5-2-1-3-6-12)17(13)14(10-11)19(23,24)25;/h1-8,10H;/q-1;. The summed E-state index contributed by atoms with van der Waals surface area (Å²) in [4.78, 5) is 4.02. The zero-order chi connectivity index (χ0) is 19.4. The van der Waals surface area contributed by atoms with Crippen molar-refractivity contribution >= 4 is 21.9 Å². The van der Waals surface area contributed by atoms with E-state index >= 15 is 0 Å². The molecule has 28 heavy (non-hydrogen) atoms. The van der Waals surface area contributed by atoms with Crippen LogP contribution in [0.25, 0.3) is 27.6 Å². The molecule has 0 unspecified atom stereocenters. The van der Waals surface area contributed by atoms with Gasteiger partial charge < -0.3 is 9.55 Å². The number of aromatic nitrogens is 2. The van der Waals surface area contributed by atoms with Crippen molar-refractivity contribution < 1.29 is 46.4 Å². The van der Waals surface area contributed by atoms with Crippen molar-refractivity contribution in [2.24, 2.45) is 0 Å². The zero-order valence-corrected chi connectivity index (χ0v) is 16.1. The number of hydrogen-bond donors (Lipinski definition) is 0. The van der Waals surface area contributed by atoms with Crippen LogP contribution in [-0.4, -0.2) is 9.55 Å². The van der Waals surface area contributed by atoms with E-state index in [-0.39, 0.29) is 42.6 Å². The average Bonchev–Trinajstić information content (AvgIpc) is 2.94. The molecular formula is C19H9F6IrN2-. The molecule has 0 saturated heterocycles. The first-order valence-electron chi connectivity index (χ1n) is 7.73. The van der Waals surface area contributed by atoms with Crippen LogP contribution in [0.5, 0.6) is 0 Å². The molecule has 0 saturated carbocycles. The summed E-state index contributed by atoms with van der Waals surface area (Å²) >= 11 is 0. The van der Waals surface area contributed by atoms with Crippen molar-refractivity contribution in [1.29, 1.82) is 0 Å². The Balaban J connectivity index is 0.00000225. The molecule has 2 nitrogen and oxygen atoms in total. The molecule has 0 N–H and O–H groups in total. The van der Waals surface area contributed by atoms with E-state index < -0.39 is 29.0 Å². The fourth-order valence-electron chi connectivity index (χ4n) is 3.09. The van der Waals surface area contributed by atoms with E-state index in [9.17, 15) is 26.3 Å². The molecule has 0 atom stereocenters. The van der Waals surface area contributed by atoms with Crippen LogP contribution in [0.1, 0.15) is 11.1 Å². The summed E-state index contributed by atoms with van der Waals surface area (Å²) in [6, 6.07) is 13.3. The first-order valence-corrected chi connectivity index (χ1v) is 7.73. The SMILES string of the molecule is FC(F)(F)c1[c-]c2c3ncccc3n(-c3ccccc3)c2c(C(F)(F)F)c1.[Ir]. The third-order valence-electron chi connectivity index (χ3n) is 4.15. The Morgan fingerprint density at radius 1 is 0.857 bits per heavy atom. The van der Waals surface area contributed by atoms with Gasteiger partial charge in [0.25, 0.3) is 0 Å². The summed E-state index contributed by atoms with van der Waals surface area (Å²) in [6.45, 7) is 0. The van der Waals surface area contributed by atoms with Gasteiger partial charge in [0, 0.05) is 43.0 Å². The van der Waals surface area contributed by atoms with Crippen LogP contribution in [0.4, 0.5) is 26.3 Å². The molecule has 4 aromatic rings. The van der Waals surface area contributed by atoms with Gasteiger partial charge in [-0.3, -0.25) is 0 Å². The van der Waals surface area contributed by atoms with Crippen LogP contribution in [0.15, 0.2) is 54.7 Å². The minimum Gasteiger partial charge on any atom is -0.357 e. The van der Waals surface area contributed by atoms with Crippen molar-refractivity contribution in [3.8, 4) is 5.69 Å². The number of nitrogens with zero attached hydrogens (tertiary/aromatic N) is 2. The fourth-order valence-corrected chi connectivity index (χ4v) is 3.09. The van der Waals surface area contributed by atoms with Gasteiger partial charge in [0.2, 0.25) is 0 Å². The number of benzene rings is 2. The number of rotatable bonds is 1. The quantitative estimate of drug-likeness (QED) is 0.202. The number of fused-ring (bicyclic) bond motifs is 3. The number of hydrogen-bond acceptors (Lipinski definition) is 1. The summed E-state index contributed by atoms with van der Waals surface area (Å²) in [5, 5.41) is -0.323. The van der Waals surface area contributed by atoms with Crippen molar-refractivity contribution in [1.82, 2.24) is 9.55 Å². The predicted molar refractivity (Wildman–Crippen MR) is 87.4 cm³/mol. The number of para-hydroxylation sites is 1. The van der Waals surface area contributed by atoms with Gasteiger partial charge in [0.05, 0.1) is 0 Å². The average molecular weight is 572 g/mol. The third-order valence-corrected chi connectivity index (χ3v) is 4.15. The molecule has 0 aliphatic rings. The predicted octanol–water partition coefficient (Wildman–Crippen LogP) is 6.01. The summed E-state index contributed by atoms with van der Waals surface area (Å²) in [5.74, 6) is 0. The molecule has 0 spiro atoms. The Morgan fingerprint density at radius 3 is 2.14 bits per heavy atom. The number of halogens is 6.